The van der Waals surface area contributed by atoms with Crippen LogP contribution in [0.1, 0.15) is 11.1 Å². The second kappa shape index (κ2) is 10.4. The molecule has 0 saturated heterocycles. The van der Waals surface area contributed by atoms with Crippen molar-refractivity contribution in [2.24, 2.45) is 0 Å². The molecule has 0 aliphatic heterocycles. The highest BCUT2D eigenvalue weighted by Crippen LogP contribution is 2.50. The molecule has 28 heavy (non-hydrogen) atoms. The second-order valence-electron chi connectivity index (χ2n) is 5.55. The first-order valence-electron chi connectivity index (χ1n) is 8.25. The Bertz CT molecular complexity index is 739. The highest BCUT2D eigenvalue weighted by atomic mass is 31.2. The van der Waals surface area contributed by atoms with Gasteiger partial charge >= 0.3 is 19.9 Å². The molecule has 0 atom stereocenters. The van der Waals surface area contributed by atoms with E-state index in [4.69, 9.17) is 13.6 Å². The van der Waals surface area contributed by atoms with Crippen molar-refractivity contribution in [1.29, 1.82) is 0 Å². The number of phosphoric acid groups is 1. The first kappa shape index (κ1) is 22.1. The molecule has 0 aliphatic carbocycles. The Kier molecular flexibility index (Phi) is 8.19. The molecule has 0 radical (unpaired) electrons. The highest BCUT2D eigenvalue weighted by Gasteiger charge is 2.38. The predicted molar refractivity (Wildman–Crippen MR) is 95.1 cm³/mol. The third kappa shape index (κ3) is 7.82. The van der Waals surface area contributed by atoms with Crippen molar-refractivity contribution in [3.63, 3.8) is 0 Å². The summed E-state index contributed by atoms with van der Waals surface area (Å²) in [6.45, 7) is -1.15. The molecule has 0 bridgehead atoms. The van der Waals surface area contributed by atoms with E-state index in [9.17, 15) is 22.5 Å². The summed E-state index contributed by atoms with van der Waals surface area (Å²) in [6.07, 6.45) is -5.00. The Morgan fingerprint density at radius 1 is 0.857 bits per heavy atom. The minimum Gasteiger partial charge on any atom is -0.346 e. The van der Waals surface area contributed by atoms with Crippen LogP contribution in [-0.4, -0.2) is 25.2 Å². The fourth-order valence-corrected chi connectivity index (χ4v) is 3.14. The van der Waals surface area contributed by atoms with Crippen molar-refractivity contribution in [3.8, 4) is 0 Å². The van der Waals surface area contributed by atoms with Crippen LogP contribution in [0.4, 0.5) is 13.2 Å². The number of hydrogen-bond donors (Lipinski definition) is 1. The molecule has 0 fully saturated rings. The maximum absolute atomic E-state index is 12.8. The zero-order valence-electron chi connectivity index (χ0n) is 14.7. The Morgan fingerprint density at radius 3 is 1.75 bits per heavy atom. The highest BCUT2D eigenvalue weighted by molar-refractivity contribution is 7.48. The van der Waals surface area contributed by atoms with Crippen molar-refractivity contribution in [1.82, 2.24) is 5.32 Å². The van der Waals surface area contributed by atoms with Gasteiger partial charge in [0.25, 0.3) is 0 Å². The first-order valence-corrected chi connectivity index (χ1v) is 9.71. The summed E-state index contributed by atoms with van der Waals surface area (Å²) < 4.78 is 65.0. The molecule has 10 heteroatoms. The van der Waals surface area contributed by atoms with Crippen molar-refractivity contribution in [2.75, 3.05) is 13.2 Å². The monoisotopic (exact) mass is 417 g/mol. The maximum Gasteiger partial charge on any atom is 0.475 e. The Hall–Kier alpha value is -2.19. The second-order valence-corrected chi connectivity index (χ2v) is 7.22. The van der Waals surface area contributed by atoms with E-state index < -0.39 is 33.1 Å². The number of halogens is 3. The molecular formula is C18H19F3NO5P. The topological polar surface area (TPSA) is 73.9 Å². The van der Waals surface area contributed by atoms with Crippen LogP contribution in [0.15, 0.2) is 60.7 Å². The van der Waals surface area contributed by atoms with Crippen LogP contribution in [0, 0.1) is 0 Å². The fraction of sp³-hybridized carbons (Fsp3) is 0.278. The first-order chi connectivity index (χ1) is 13.3. The molecule has 0 aromatic heterocycles. The largest absolute Gasteiger partial charge is 0.475 e. The Morgan fingerprint density at radius 2 is 1.32 bits per heavy atom. The number of nitrogens with one attached hydrogen (secondary N) is 1. The summed E-state index contributed by atoms with van der Waals surface area (Å²) in [4.78, 5) is 10.8. The van der Waals surface area contributed by atoms with Gasteiger partial charge in [-0.2, -0.15) is 13.2 Å². The maximum atomic E-state index is 12.8. The van der Waals surface area contributed by atoms with Crippen molar-refractivity contribution >= 4 is 13.7 Å². The van der Waals surface area contributed by atoms with E-state index in [2.05, 4.69) is 0 Å². The van der Waals surface area contributed by atoms with Gasteiger partial charge in [-0.1, -0.05) is 60.7 Å². The van der Waals surface area contributed by atoms with Gasteiger partial charge in [0.2, 0.25) is 0 Å². The minimum absolute atomic E-state index is 0.0815. The molecule has 152 valence electrons. The van der Waals surface area contributed by atoms with Gasteiger partial charge in [0.15, 0.2) is 0 Å². The molecule has 2 aromatic rings. The molecule has 1 N–H and O–H groups in total. The average molecular weight is 417 g/mol. The lowest BCUT2D eigenvalue weighted by Gasteiger charge is -2.18. The average Bonchev–Trinajstić information content (AvgIpc) is 2.69. The fourth-order valence-electron chi connectivity index (χ4n) is 1.99. The Balaban J connectivity index is 1.92. The summed E-state index contributed by atoms with van der Waals surface area (Å²) in [6, 6.07) is 17.6. The molecule has 0 spiro atoms. The van der Waals surface area contributed by atoms with Gasteiger partial charge in [0.05, 0.1) is 19.8 Å². The summed E-state index contributed by atoms with van der Waals surface area (Å²) in [5.41, 5.74) is 1.42. The van der Waals surface area contributed by atoms with Gasteiger partial charge in [-0.05, 0) is 11.1 Å². The SMILES string of the molecule is O=C(NCCOP(=O)(OCc1ccccc1)OCc1ccccc1)C(F)(F)F. The molecule has 0 aliphatic rings. The van der Waals surface area contributed by atoms with E-state index >= 15 is 0 Å². The Labute approximate surface area is 160 Å². The molecule has 6 nitrogen and oxygen atoms in total. The zero-order chi connectivity index (χ0) is 20.5. The van der Waals surface area contributed by atoms with Gasteiger partial charge < -0.3 is 5.32 Å². The molecule has 0 heterocycles. The number of rotatable bonds is 10. The number of alkyl halides is 3. The van der Waals surface area contributed by atoms with Gasteiger partial charge in [-0.15, -0.1) is 0 Å². The number of phosphoric ester groups is 1. The smallest absolute Gasteiger partial charge is 0.346 e. The van der Waals surface area contributed by atoms with E-state index in [0.29, 0.717) is 11.1 Å². The van der Waals surface area contributed by atoms with Crippen LogP contribution in [0.3, 0.4) is 0 Å². The number of benzene rings is 2. The van der Waals surface area contributed by atoms with Crippen LogP contribution in [-0.2, 0) is 36.1 Å². The normalized spacial score (nSPS) is 12.0. The third-order valence-corrected chi connectivity index (χ3v) is 4.75. The molecular weight excluding hydrogens is 398 g/mol. The van der Waals surface area contributed by atoms with Gasteiger partial charge in [-0.25, -0.2) is 4.57 Å². The van der Waals surface area contributed by atoms with Crippen LogP contribution >= 0.6 is 7.82 Å². The van der Waals surface area contributed by atoms with Crippen molar-refractivity contribution < 1.29 is 36.1 Å². The van der Waals surface area contributed by atoms with Crippen LogP contribution in [0.25, 0.3) is 0 Å². The lowest BCUT2D eigenvalue weighted by Crippen LogP contribution is -2.38. The molecule has 2 rings (SSSR count). The van der Waals surface area contributed by atoms with E-state index in [1.165, 1.54) is 0 Å². The van der Waals surface area contributed by atoms with Crippen LogP contribution in [0.5, 0.6) is 0 Å². The number of carbonyl (C=O) groups excluding carboxylic acids is 1. The summed E-state index contributed by atoms with van der Waals surface area (Å²) >= 11 is 0. The van der Waals surface area contributed by atoms with Crippen LogP contribution in [0.2, 0.25) is 0 Å². The summed E-state index contributed by atoms with van der Waals surface area (Å²) in [7, 11) is -4.08. The van der Waals surface area contributed by atoms with E-state index in [0.717, 1.165) is 0 Å². The number of hydrogen-bond acceptors (Lipinski definition) is 5. The molecule has 0 saturated carbocycles. The van der Waals surface area contributed by atoms with Crippen molar-refractivity contribution in [2.45, 2.75) is 19.4 Å². The van der Waals surface area contributed by atoms with Crippen molar-refractivity contribution in [3.05, 3.63) is 71.8 Å². The zero-order valence-corrected chi connectivity index (χ0v) is 15.6. The predicted octanol–water partition coefficient (Wildman–Crippen LogP) is 4.22. The van der Waals surface area contributed by atoms with E-state index in [-0.39, 0.29) is 13.2 Å². The third-order valence-electron chi connectivity index (χ3n) is 3.36. The number of amides is 1. The van der Waals surface area contributed by atoms with Gasteiger partial charge in [0, 0.05) is 6.54 Å². The minimum atomic E-state index is -5.00. The summed E-state index contributed by atoms with van der Waals surface area (Å²) in [5, 5.41) is 1.62. The van der Waals surface area contributed by atoms with Crippen LogP contribution < -0.4 is 5.32 Å². The lowest BCUT2D eigenvalue weighted by molar-refractivity contribution is -0.173. The summed E-state index contributed by atoms with van der Waals surface area (Å²) in [5.74, 6) is -2.11. The molecule has 1 amide bonds. The lowest BCUT2D eigenvalue weighted by atomic mass is 10.2. The number of carbonyl (C=O) groups is 1. The molecule has 2 aromatic carbocycles. The van der Waals surface area contributed by atoms with Gasteiger partial charge in [0.1, 0.15) is 0 Å². The van der Waals surface area contributed by atoms with E-state index in [1.54, 1.807) is 66.0 Å². The standard InChI is InChI=1S/C18H19F3NO5P/c19-18(20,21)17(23)22-11-12-25-28(24,26-13-15-7-3-1-4-8-15)27-14-16-9-5-2-6-10-16/h1-10H,11-14H2,(H,22,23). The van der Waals surface area contributed by atoms with Gasteiger partial charge in [-0.3, -0.25) is 18.4 Å². The molecule has 0 unspecified atom stereocenters. The quantitative estimate of drug-likeness (QED) is 0.463. The van der Waals surface area contributed by atoms with E-state index in [1.807, 2.05) is 0 Å².